The van der Waals surface area contributed by atoms with Crippen molar-refractivity contribution in [3.05, 3.63) is 33.9 Å². The standard InChI is InChI=1S/C9H6F2N2O3/c10-9(11)5-16-8-2-1-6(4-12)3-7(8)13(14)15/h1-3,9H,5H2. The van der Waals surface area contributed by atoms with E-state index in [0.717, 1.165) is 12.1 Å². The molecule has 7 heteroatoms. The Morgan fingerprint density at radius 3 is 2.75 bits per heavy atom. The molecule has 0 bridgehead atoms. The van der Waals surface area contributed by atoms with Gasteiger partial charge in [0, 0.05) is 6.07 Å². The summed E-state index contributed by atoms with van der Waals surface area (Å²) >= 11 is 0. The van der Waals surface area contributed by atoms with Crippen LogP contribution in [0, 0.1) is 21.4 Å². The van der Waals surface area contributed by atoms with Crippen LogP contribution in [-0.2, 0) is 0 Å². The van der Waals surface area contributed by atoms with Gasteiger partial charge in [0.25, 0.3) is 6.43 Å². The highest BCUT2D eigenvalue weighted by Gasteiger charge is 2.17. The van der Waals surface area contributed by atoms with Gasteiger partial charge in [-0.05, 0) is 12.1 Å². The average Bonchev–Trinajstić information content (AvgIpc) is 2.25. The van der Waals surface area contributed by atoms with Gasteiger partial charge in [0.05, 0.1) is 16.6 Å². The minimum Gasteiger partial charge on any atom is -0.481 e. The van der Waals surface area contributed by atoms with Crippen molar-refractivity contribution in [3.8, 4) is 11.8 Å². The van der Waals surface area contributed by atoms with Crippen LogP contribution in [0.2, 0.25) is 0 Å². The summed E-state index contributed by atoms with van der Waals surface area (Å²) in [6.07, 6.45) is -2.71. The lowest BCUT2D eigenvalue weighted by atomic mass is 10.2. The smallest absolute Gasteiger partial charge is 0.312 e. The fraction of sp³-hybridized carbons (Fsp3) is 0.222. The molecule has 0 aliphatic carbocycles. The topological polar surface area (TPSA) is 76.2 Å². The van der Waals surface area contributed by atoms with E-state index in [1.807, 2.05) is 0 Å². The first-order valence-corrected chi connectivity index (χ1v) is 4.14. The highest BCUT2D eigenvalue weighted by Crippen LogP contribution is 2.27. The number of hydrogen-bond donors (Lipinski definition) is 0. The first kappa shape index (κ1) is 11.8. The normalized spacial score (nSPS) is 9.88. The number of alkyl halides is 2. The Kier molecular flexibility index (Phi) is 3.72. The van der Waals surface area contributed by atoms with Crippen molar-refractivity contribution in [2.45, 2.75) is 6.43 Å². The Bertz CT molecular complexity index is 443. The van der Waals surface area contributed by atoms with E-state index in [1.165, 1.54) is 6.07 Å². The Balaban J connectivity index is 3.00. The number of rotatable bonds is 4. The molecule has 1 aromatic carbocycles. The Morgan fingerprint density at radius 1 is 1.56 bits per heavy atom. The Hall–Kier alpha value is -2.23. The summed E-state index contributed by atoms with van der Waals surface area (Å²) in [5.74, 6) is -0.274. The summed E-state index contributed by atoms with van der Waals surface area (Å²) in [6.45, 7) is -0.924. The minimum absolute atomic E-state index is 0.0658. The van der Waals surface area contributed by atoms with Gasteiger partial charge in [0.1, 0.15) is 6.61 Å². The summed E-state index contributed by atoms with van der Waals surface area (Å²) in [5.41, 5.74) is -0.434. The molecule has 84 valence electrons. The number of nitriles is 1. The number of benzene rings is 1. The molecule has 0 fully saturated rings. The lowest BCUT2D eigenvalue weighted by Crippen LogP contribution is -2.08. The van der Waals surface area contributed by atoms with Crippen molar-refractivity contribution < 1.29 is 18.4 Å². The molecule has 0 spiro atoms. The SMILES string of the molecule is N#Cc1ccc(OCC(F)F)c([N+](=O)[O-])c1. The van der Waals surface area contributed by atoms with Crippen LogP contribution in [-0.4, -0.2) is 18.0 Å². The van der Waals surface area contributed by atoms with Gasteiger partial charge in [0.15, 0.2) is 5.75 Å². The zero-order chi connectivity index (χ0) is 12.1. The predicted molar refractivity (Wildman–Crippen MR) is 49.3 cm³/mol. The fourth-order valence-corrected chi connectivity index (χ4v) is 1.00. The number of hydrogen-bond acceptors (Lipinski definition) is 4. The van der Waals surface area contributed by atoms with E-state index < -0.39 is 23.6 Å². The molecule has 1 rings (SSSR count). The van der Waals surface area contributed by atoms with E-state index in [9.17, 15) is 18.9 Å². The lowest BCUT2D eigenvalue weighted by molar-refractivity contribution is -0.386. The van der Waals surface area contributed by atoms with Gasteiger partial charge in [-0.3, -0.25) is 10.1 Å². The van der Waals surface area contributed by atoms with Gasteiger partial charge in [0.2, 0.25) is 0 Å². The second kappa shape index (κ2) is 5.02. The highest BCUT2D eigenvalue weighted by atomic mass is 19.3. The van der Waals surface area contributed by atoms with Gasteiger partial charge < -0.3 is 4.74 Å². The molecule has 0 aliphatic rings. The third kappa shape index (κ3) is 2.88. The number of nitro benzene ring substituents is 1. The number of ether oxygens (including phenoxy) is 1. The molecule has 0 aliphatic heterocycles. The lowest BCUT2D eigenvalue weighted by Gasteiger charge is -2.05. The molecular weight excluding hydrogens is 222 g/mol. The largest absolute Gasteiger partial charge is 0.481 e. The Labute approximate surface area is 89.0 Å². The van der Waals surface area contributed by atoms with Gasteiger partial charge in [-0.2, -0.15) is 5.26 Å². The van der Waals surface area contributed by atoms with Gasteiger partial charge in [-0.15, -0.1) is 0 Å². The summed E-state index contributed by atoms with van der Waals surface area (Å²) in [7, 11) is 0. The second-order valence-corrected chi connectivity index (χ2v) is 2.75. The van der Waals surface area contributed by atoms with Crippen LogP contribution < -0.4 is 4.74 Å². The van der Waals surface area contributed by atoms with Crippen LogP contribution in [0.15, 0.2) is 18.2 Å². The van der Waals surface area contributed by atoms with E-state index >= 15 is 0 Å². The molecule has 0 N–H and O–H groups in total. The van der Waals surface area contributed by atoms with E-state index in [2.05, 4.69) is 4.74 Å². The first-order chi connectivity index (χ1) is 7.54. The molecule has 16 heavy (non-hydrogen) atoms. The zero-order valence-corrected chi connectivity index (χ0v) is 7.89. The van der Waals surface area contributed by atoms with Crippen molar-refractivity contribution in [1.82, 2.24) is 0 Å². The zero-order valence-electron chi connectivity index (χ0n) is 7.89. The maximum atomic E-state index is 11.9. The molecule has 0 heterocycles. The van der Waals surface area contributed by atoms with E-state index in [1.54, 1.807) is 6.07 Å². The van der Waals surface area contributed by atoms with Crippen molar-refractivity contribution in [1.29, 1.82) is 5.26 Å². The van der Waals surface area contributed by atoms with Crippen LogP contribution in [0.4, 0.5) is 14.5 Å². The van der Waals surface area contributed by atoms with Gasteiger partial charge in [-0.25, -0.2) is 8.78 Å². The maximum absolute atomic E-state index is 11.9. The van der Waals surface area contributed by atoms with Gasteiger partial charge in [-0.1, -0.05) is 0 Å². The average molecular weight is 228 g/mol. The van der Waals surface area contributed by atoms with Crippen LogP contribution in [0.25, 0.3) is 0 Å². The van der Waals surface area contributed by atoms with Crippen LogP contribution in [0.5, 0.6) is 5.75 Å². The summed E-state index contributed by atoms with van der Waals surface area (Å²) < 4.78 is 28.3. The molecule has 0 saturated carbocycles. The van der Waals surface area contributed by atoms with Crippen molar-refractivity contribution in [2.24, 2.45) is 0 Å². The molecule has 1 aromatic rings. The molecule has 0 radical (unpaired) electrons. The molecule has 0 aromatic heterocycles. The molecule has 5 nitrogen and oxygen atoms in total. The van der Waals surface area contributed by atoms with Crippen LogP contribution in [0.3, 0.4) is 0 Å². The second-order valence-electron chi connectivity index (χ2n) is 2.75. The van der Waals surface area contributed by atoms with E-state index in [4.69, 9.17) is 5.26 Å². The fourth-order valence-electron chi connectivity index (χ4n) is 1.00. The van der Waals surface area contributed by atoms with E-state index in [-0.39, 0.29) is 11.3 Å². The van der Waals surface area contributed by atoms with E-state index in [0.29, 0.717) is 0 Å². The molecule has 0 amide bonds. The van der Waals surface area contributed by atoms with Crippen molar-refractivity contribution >= 4 is 5.69 Å². The van der Waals surface area contributed by atoms with Crippen molar-refractivity contribution in [2.75, 3.05) is 6.61 Å². The Morgan fingerprint density at radius 2 is 2.25 bits per heavy atom. The first-order valence-electron chi connectivity index (χ1n) is 4.14. The van der Waals surface area contributed by atoms with Crippen molar-refractivity contribution in [3.63, 3.8) is 0 Å². The minimum atomic E-state index is -2.71. The molecule has 0 unspecified atom stereocenters. The summed E-state index contributed by atoms with van der Waals surface area (Å²) in [5, 5.41) is 19.1. The number of halogens is 2. The maximum Gasteiger partial charge on any atom is 0.312 e. The van der Waals surface area contributed by atoms with Gasteiger partial charge >= 0.3 is 5.69 Å². The number of nitrogens with zero attached hydrogens (tertiary/aromatic N) is 2. The third-order valence-corrected chi connectivity index (χ3v) is 1.65. The highest BCUT2D eigenvalue weighted by molar-refractivity contribution is 5.51. The monoisotopic (exact) mass is 228 g/mol. The molecular formula is C9H6F2N2O3. The molecule has 0 saturated heterocycles. The molecule has 0 atom stereocenters. The summed E-state index contributed by atoms with van der Waals surface area (Å²) in [6, 6.07) is 5.06. The quantitative estimate of drug-likeness (QED) is 0.584. The summed E-state index contributed by atoms with van der Waals surface area (Å²) in [4.78, 5) is 9.77. The van der Waals surface area contributed by atoms with Crippen LogP contribution in [0.1, 0.15) is 5.56 Å². The number of nitro groups is 1. The third-order valence-electron chi connectivity index (χ3n) is 1.65. The van der Waals surface area contributed by atoms with Crippen LogP contribution >= 0.6 is 0 Å². The predicted octanol–water partition coefficient (Wildman–Crippen LogP) is 2.11.